The Morgan fingerprint density at radius 3 is 2.81 bits per heavy atom. The Kier molecular flexibility index (Phi) is 6.18. The van der Waals surface area contributed by atoms with Gasteiger partial charge in [-0.3, -0.25) is 4.21 Å². The molecule has 3 aromatic rings. The molecule has 1 atom stereocenters. The van der Waals surface area contributed by atoms with Gasteiger partial charge in [0.1, 0.15) is 11.3 Å². The first kappa shape index (κ1) is 18.8. The zero-order valence-corrected chi connectivity index (χ0v) is 15.7. The van der Waals surface area contributed by atoms with E-state index < -0.39 is 11.3 Å². The number of fused-ring (bicyclic) bond motifs is 3. The molecule has 0 saturated heterocycles. The predicted molar refractivity (Wildman–Crippen MR) is 104 cm³/mol. The summed E-state index contributed by atoms with van der Waals surface area (Å²) >= 11 is -2.20. The molecule has 0 amide bonds. The van der Waals surface area contributed by atoms with Gasteiger partial charge in [0, 0.05) is 36.2 Å². The van der Waals surface area contributed by atoms with Crippen molar-refractivity contribution in [3.05, 3.63) is 30.1 Å². The summed E-state index contributed by atoms with van der Waals surface area (Å²) in [5.74, 6) is 1.48. The number of nitrogens with two attached hydrogens (primary N) is 1. The van der Waals surface area contributed by atoms with E-state index >= 15 is 0 Å². The standard InChI is InChI=1S/C18H25N5O2S/c1-2-3-10-15-22-16-17(23(15)12-7-6-11-20-26(24)25)13-8-4-5-9-14(13)21-18(16)19/h4-5,8-9,20H,2-3,6-7,10-12H2,1H3,(H2,19,21)(H,24,25)/p-1. The Hall–Kier alpha value is -2.03. The third-order valence-corrected chi connectivity index (χ3v) is 4.91. The Balaban J connectivity index is 1.97. The summed E-state index contributed by atoms with van der Waals surface area (Å²) in [6, 6.07) is 7.96. The van der Waals surface area contributed by atoms with Gasteiger partial charge < -0.3 is 14.9 Å². The molecule has 2 aromatic heterocycles. The minimum atomic E-state index is -2.20. The second-order valence-electron chi connectivity index (χ2n) is 6.33. The minimum Gasteiger partial charge on any atom is -0.760 e. The number of hydrogen-bond acceptors (Lipinski definition) is 5. The minimum absolute atomic E-state index is 0.442. The van der Waals surface area contributed by atoms with Gasteiger partial charge in [-0.15, -0.1) is 0 Å². The smallest absolute Gasteiger partial charge is 0.152 e. The number of rotatable bonds is 9. The monoisotopic (exact) mass is 374 g/mol. The molecular weight excluding hydrogens is 350 g/mol. The molecule has 0 aliphatic carbocycles. The number of anilines is 1. The number of benzene rings is 1. The lowest BCUT2D eigenvalue weighted by atomic mass is 10.2. The average Bonchev–Trinajstić information content (AvgIpc) is 2.99. The largest absolute Gasteiger partial charge is 0.760 e. The topological polar surface area (TPSA) is 109 Å². The van der Waals surface area contributed by atoms with Gasteiger partial charge >= 0.3 is 0 Å². The maximum atomic E-state index is 10.6. The van der Waals surface area contributed by atoms with Crippen molar-refractivity contribution in [2.24, 2.45) is 0 Å². The van der Waals surface area contributed by atoms with E-state index in [4.69, 9.17) is 10.7 Å². The van der Waals surface area contributed by atoms with Crippen molar-refractivity contribution >= 4 is 39.0 Å². The van der Waals surface area contributed by atoms with Gasteiger partial charge in [-0.25, -0.2) is 14.7 Å². The van der Waals surface area contributed by atoms with Crippen molar-refractivity contribution in [2.45, 2.75) is 45.6 Å². The highest BCUT2D eigenvalue weighted by atomic mass is 32.2. The molecule has 26 heavy (non-hydrogen) atoms. The molecule has 0 bridgehead atoms. The van der Waals surface area contributed by atoms with Crippen LogP contribution in [0.25, 0.3) is 21.9 Å². The third kappa shape index (κ3) is 4.03. The molecule has 3 N–H and O–H groups in total. The fourth-order valence-corrected chi connectivity index (χ4v) is 3.53. The van der Waals surface area contributed by atoms with Crippen LogP contribution in [0.1, 0.15) is 38.4 Å². The summed E-state index contributed by atoms with van der Waals surface area (Å²) in [5, 5.41) is 1.05. The molecule has 0 aliphatic rings. The van der Waals surface area contributed by atoms with Gasteiger partial charge in [-0.2, -0.15) is 0 Å². The van der Waals surface area contributed by atoms with Crippen molar-refractivity contribution in [3.8, 4) is 0 Å². The van der Waals surface area contributed by atoms with Crippen LogP contribution in [-0.2, 0) is 24.2 Å². The quantitative estimate of drug-likeness (QED) is 0.442. The van der Waals surface area contributed by atoms with E-state index in [-0.39, 0.29) is 0 Å². The van der Waals surface area contributed by atoms with E-state index in [1.165, 1.54) is 0 Å². The van der Waals surface area contributed by atoms with Crippen LogP contribution in [0, 0.1) is 0 Å². The summed E-state index contributed by atoms with van der Waals surface area (Å²) in [6.45, 7) is 3.38. The van der Waals surface area contributed by atoms with Gasteiger partial charge in [0.2, 0.25) is 0 Å². The molecule has 1 aromatic carbocycles. The van der Waals surface area contributed by atoms with Crippen LogP contribution in [0.15, 0.2) is 24.3 Å². The van der Waals surface area contributed by atoms with Gasteiger partial charge in [0.05, 0.1) is 11.0 Å². The van der Waals surface area contributed by atoms with E-state index in [0.29, 0.717) is 12.4 Å². The molecule has 1 unspecified atom stereocenters. The highest BCUT2D eigenvalue weighted by Crippen LogP contribution is 2.29. The normalized spacial score (nSPS) is 12.8. The summed E-state index contributed by atoms with van der Waals surface area (Å²) in [6.07, 6.45) is 4.66. The first-order valence-electron chi connectivity index (χ1n) is 8.98. The Labute approximate surface area is 155 Å². The lowest BCUT2D eigenvalue weighted by Crippen LogP contribution is -2.18. The van der Waals surface area contributed by atoms with Crippen molar-refractivity contribution < 1.29 is 8.76 Å². The molecule has 0 fully saturated rings. The summed E-state index contributed by atoms with van der Waals surface area (Å²) in [7, 11) is 0. The molecule has 0 saturated carbocycles. The van der Waals surface area contributed by atoms with Crippen molar-refractivity contribution in [3.63, 3.8) is 0 Å². The second kappa shape index (κ2) is 8.57. The van der Waals surface area contributed by atoms with Crippen LogP contribution in [-0.4, -0.2) is 29.8 Å². The maximum Gasteiger partial charge on any atom is 0.152 e. The maximum absolute atomic E-state index is 10.6. The Bertz CT molecular complexity index is 925. The fraction of sp³-hybridized carbons (Fsp3) is 0.444. The molecule has 0 spiro atoms. The molecule has 140 valence electrons. The summed E-state index contributed by atoms with van der Waals surface area (Å²) in [5.41, 5.74) is 8.83. The highest BCUT2D eigenvalue weighted by Gasteiger charge is 2.16. The molecule has 0 aliphatic heterocycles. The Morgan fingerprint density at radius 1 is 1.23 bits per heavy atom. The number of para-hydroxylation sites is 1. The SMILES string of the molecule is CCCCc1nc2c(N)nc3ccccc3c2n1CCCCNS(=O)[O-]. The van der Waals surface area contributed by atoms with E-state index in [2.05, 4.69) is 21.2 Å². The number of nitrogen functional groups attached to an aromatic ring is 1. The highest BCUT2D eigenvalue weighted by molar-refractivity contribution is 7.77. The zero-order chi connectivity index (χ0) is 18.5. The number of imidazole rings is 1. The zero-order valence-electron chi connectivity index (χ0n) is 14.9. The molecular formula is C18H24N5O2S-. The average molecular weight is 374 g/mol. The van der Waals surface area contributed by atoms with E-state index in [9.17, 15) is 8.76 Å². The number of aryl methyl sites for hydroxylation is 2. The molecule has 8 heteroatoms. The van der Waals surface area contributed by atoms with E-state index in [1.54, 1.807) is 0 Å². The second-order valence-corrected chi connectivity index (χ2v) is 7.09. The number of unbranched alkanes of at least 4 members (excludes halogenated alkanes) is 2. The fourth-order valence-electron chi connectivity index (χ4n) is 3.22. The molecule has 0 radical (unpaired) electrons. The first-order valence-corrected chi connectivity index (χ1v) is 10.1. The lowest BCUT2D eigenvalue weighted by Gasteiger charge is -2.11. The van der Waals surface area contributed by atoms with Crippen LogP contribution < -0.4 is 10.5 Å². The third-order valence-electron chi connectivity index (χ3n) is 4.47. The summed E-state index contributed by atoms with van der Waals surface area (Å²) in [4.78, 5) is 9.28. The molecule has 7 nitrogen and oxygen atoms in total. The number of aromatic nitrogens is 3. The predicted octanol–water partition coefficient (Wildman–Crippen LogP) is 2.67. The summed E-state index contributed by atoms with van der Waals surface area (Å²) < 4.78 is 25.8. The van der Waals surface area contributed by atoms with Gasteiger partial charge in [0.25, 0.3) is 0 Å². The van der Waals surface area contributed by atoms with Crippen molar-refractivity contribution in [2.75, 3.05) is 12.3 Å². The number of nitrogens with zero attached hydrogens (tertiary/aromatic N) is 3. The van der Waals surface area contributed by atoms with Crippen LogP contribution in [0.5, 0.6) is 0 Å². The van der Waals surface area contributed by atoms with Gasteiger partial charge in [0.15, 0.2) is 5.82 Å². The van der Waals surface area contributed by atoms with Crippen LogP contribution >= 0.6 is 0 Å². The number of hydrogen-bond donors (Lipinski definition) is 2. The molecule has 2 heterocycles. The van der Waals surface area contributed by atoms with Gasteiger partial charge in [-0.1, -0.05) is 31.5 Å². The Morgan fingerprint density at radius 2 is 2.04 bits per heavy atom. The molecule has 3 rings (SSSR count). The number of pyridine rings is 1. The lowest BCUT2D eigenvalue weighted by molar-refractivity contribution is 0.516. The van der Waals surface area contributed by atoms with Crippen LogP contribution in [0.3, 0.4) is 0 Å². The van der Waals surface area contributed by atoms with Crippen LogP contribution in [0.2, 0.25) is 0 Å². The van der Waals surface area contributed by atoms with E-state index in [0.717, 1.165) is 66.4 Å². The van der Waals surface area contributed by atoms with Crippen molar-refractivity contribution in [1.29, 1.82) is 0 Å². The van der Waals surface area contributed by atoms with Crippen LogP contribution in [0.4, 0.5) is 5.82 Å². The number of nitrogens with one attached hydrogen (secondary N) is 1. The van der Waals surface area contributed by atoms with Crippen molar-refractivity contribution in [1.82, 2.24) is 19.3 Å². The first-order chi connectivity index (χ1) is 12.6. The van der Waals surface area contributed by atoms with Gasteiger partial charge in [-0.05, 0) is 25.3 Å². The van der Waals surface area contributed by atoms with E-state index in [1.807, 2.05) is 24.3 Å².